The Balaban J connectivity index is 1.09. The van der Waals surface area contributed by atoms with Crippen molar-refractivity contribution in [3.8, 4) is 22.4 Å². The third-order valence-electron chi connectivity index (χ3n) is 9.62. The van der Waals surface area contributed by atoms with E-state index in [9.17, 15) is 14.0 Å². The van der Waals surface area contributed by atoms with Gasteiger partial charge in [-0.2, -0.15) is 5.10 Å². The van der Waals surface area contributed by atoms with E-state index in [1.807, 2.05) is 44.2 Å². The van der Waals surface area contributed by atoms with E-state index in [4.69, 9.17) is 21.3 Å². The molecule has 12 heteroatoms. The van der Waals surface area contributed by atoms with E-state index >= 15 is 0 Å². The molecule has 1 atom stereocenters. The first kappa shape index (κ1) is 31.3. The molecule has 1 aliphatic carbocycles. The molecule has 2 saturated heterocycles. The number of rotatable bonds is 9. The predicted octanol–water partition coefficient (Wildman–Crippen LogP) is 5.59. The van der Waals surface area contributed by atoms with Crippen molar-refractivity contribution in [3.63, 3.8) is 0 Å². The van der Waals surface area contributed by atoms with Crippen LogP contribution in [-0.4, -0.2) is 70.0 Å². The molecule has 2 aromatic heterocycles. The van der Waals surface area contributed by atoms with Gasteiger partial charge < -0.3 is 20.3 Å². The summed E-state index contributed by atoms with van der Waals surface area (Å²) in [6, 6.07) is 13.6. The van der Waals surface area contributed by atoms with E-state index in [2.05, 4.69) is 30.7 Å². The molecule has 3 aliphatic rings. The Bertz CT molecular complexity index is 1790. The molecule has 0 radical (unpaired) electrons. The maximum absolute atomic E-state index is 14.7. The van der Waals surface area contributed by atoms with Crippen LogP contribution >= 0.6 is 11.6 Å². The van der Waals surface area contributed by atoms with Crippen LogP contribution in [0.5, 0.6) is 0 Å². The number of carbonyl (C=O) groups is 2. The monoisotopic (exact) mass is 657 g/mol. The van der Waals surface area contributed by atoms with Gasteiger partial charge in [-0.1, -0.05) is 29.8 Å². The van der Waals surface area contributed by atoms with Crippen molar-refractivity contribution < 1.29 is 18.7 Å². The van der Waals surface area contributed by atoms with Gasteiger partial charge in [-0.05, 0) is 81.0 Å². The quantitative estimate of drug-likeness (QED) is 0.214. The van der Waals surface area contributed by atoms with Gasteiger partial charge in [-0.25, -0.2) is 14.4 Å². The predicted molar refractivity (Wildman–Crippen MR) is 178 cm³/mol. The summed E-state index contributed by atoms with van der Waals surface area (Å²) in [5.74, 6) is -0.597. The number of anilines is 2. The van der Waals surface area contributed by atoms with Crippen LogP contribution in [0.3, 0.4) is 0 Å². The van der Waals surface area contributed by atoms with Gasteiger partial charge in [0.1, 0.15) is 6.04 Å². The van der Waals surface area contributed by atoms with Crippen LogP contribution in [0, 0.1) is 19.3 Å². The summed E-state index contributed by atoms with van der Waals surface area (Å²) in [6.45, 7) is 7.29. The summed E-state index contributed by atoms with van der Waals surface area (Å²) >= 11 is 6.64. The summed E-state index contributed by atoms with van der Waals surface area (Å²) in [4.78, 5) is 38.1. The van der Waals surface area contributed by atoms with Gasteiger partial charge in [-0.15, -0.1) is 0 Å². The van der Waals surface area contributed by atoms with Crippen LogP contribution in [-0.2, 0) is 20.7 Å². The number of ether oxygens (including phenoxy) is 1. The third kappa shape index (κ3) is 6.46. The first-order valence-corrected chi connectivity index (χ1v) is 16.4. The number of benzene rings is 2. The zero-order valence-corrected chi connectivity index (χ0v) is 27.2. The topological polar surface area (TPSA) is 125 Å². The average Bonchev–Trinajstić information content (AvgIpc) is 3.74. The summed E-state index contributed by atoms with van der Waals surface area (Å²) in [6.07, 6.45) is 4.18. The molecule has 3 fully saturated rings. The number of H-pyrrole nitrogens is 1. The normalized spacial score (nSPS) is 18.3. The van der Waals surface area contributed by atoms with Crippen LogP contribution in [0.1, 0.15) is 42.6 Å². The van der Waals surface area contributed by atoms with Crippen molar-refractivity contribution in [2.75, 3.05) is 36.5 Å². The summed E-state index contributed by atoms with van der Waals surface area (Å²) < 4.78 is 20.2. The average molecular weight is 658 g/mol. The molecule has 0 bridgehead atoms. The number of carbonyl (C=O) groups excluding carboxylic acids is 2. The molecular weight excluding hydrogens is 621 g/mol. The molecule has 2 aromatic carbocycles. The standard InChI is InChI=1S/C35H37ClFN7O3/c1-21-30(22(2)43-42-21)23-3-6-26(7-4-23)39-31(45)29(40-32(46)35(37)10-11-35)18-25-17-24(5-8-27(25)36)28-9-14-38-33(41-28)44-15-12-34(13-16-44)19-47-20-34/h3-9,14,17,29H,10-13,15-16,18-20H2,1-2H3,(H,39,45)(H,40,46)(H,42,43). The molecule has 10 nitrogen and oxygen atoms in total. The lowest BCUT2D eigenvalue weighted by Crippen LogP contribution is -2.51. The van der Waals surface area contributed by atoms with Crippen molar-refractivity contribution in [1.29, 1.82) is 0 Å². The molecule has 2 aliphatic heterocycles. The van der Waals surface area contributed by atoms with Gasteiger partial charge >= 0.3 is 0 Å². The number of hydrogen-bond donors (Lipinski definition) is 3. The highest BCUT2D eigenvalue weighted by Gasteiger charge is 2.51. The first-order chi connectivity index (χ1) is 22.6. The van der Waals surface area contributed by atoms with Gasteiger partial charge in [0.2, 0.25) is 11.9 Å². The van der Waals surface area contributed by atoms with E-state index in [1.165, 1.54) is 0 Å². The number of nitrogens with one attached hydrogen (secondary N) is 3. The van der Waals surface area contributed by atoms with Crippen LogP contribution < -0.4 is 15.5 Å². The van der Waals surface area contributed by atoms with Gasteiger partial charge in [0, 0.05) is 58.7 Å². The van der Waals surface area contributed by atoms with E-state index in [1.54, 1.807) is 24.4 Å². The van der Waals surface area contributed by atoms with E-state index in [0.29, 0.717) is 33.3 Å². The van der Waals surface area contributed by atoms with Gasteiger partial charge in [0.25, 0.3) is 5.91 Å². The second kappa shape index (κ2) is 12.4. The number of aromatic amines is 1. The summed E-state index contributed by atoms with van der Waals surface area (Å²) in [5.41, 5.74) is 4.83. The Morgan fingerprint density at radius 1 is 1.04 bits per heavy atom. The highest BCUT2D eigenvalue weighted by Crippen LogP contribution is 2.40. The lowest BCUT2D eigenvalue weighted by molar-refractivity contribution is -0.131. The van der Waals surface area contributed by atoms with E-state index in [0.717, 1.165) is 67.2 Å². The van der Waals surface area contributed by atoms with Crippen molar-refractivity contribution >= 4 is 35.1 Å². The molecule has 3 N–H and O–H groups in total. The Kier molecular flexibility index (Phi) is 8.21. The van der Waals surface area contributed by atoms with Gasteiger partial charge in [0.15, 0.2) is 5.67 Å². The van der Waals surface area contributed by atoms with Crippen molar-refractivity contribution in [2.24, 2.45) is 5.41 Å². The molecular formula is C35H37ClFN7O3. The van der Waals surface area contributed by atoms with Crippen LogP contribution in [0.2, 0.25) is 5.02 Å². The first-order valence-electron chi connectivity index (χ1n) is 16.0. The van der Waals surface area contributed by atoms with E-state index in [-0.39, 0.29) is 19.3 Å². The van der Waals surface area contributed by atoms with Crippen molar-refractivity contribution in [1.82, 2.24) is 25.5 Å². The SMILES string of the molecule is Cc1n[nH]c(C)c1-c1ccc(NC(=O)C(Cc2cc(-c3ccnc(N4CCC5(CC4)COC5)n3)ccc2Cl)NC(=O)C2(F)CC2)cc1. The second-order valence-corrected chi connectivity index (χ2v) is 13.5. The molecule has 1 spiro atoms. The van der Waals surface area contributed by atoms with Gasteiger partial charge in [0.05, 0.1) is 24.6 Å². The highest BCUT2D eigenvalue weighted by molar-refractivity contribution is 6.31. The van der Waals surface area contributed by atoms with Crippen LogP contribution in [0.25, 0.3) is 22.4 Å². The highest BCUT2D eigenvalue weighted by atomic mass is 35.5. The van der Waals surface area contributed by atoms with Crippen molar-refractivity contribution in [3.05, 3.63) is 76.7 Å². The fourth-order valence-corrected chi connectivity index (χ4v) is 6.59. The van der Waals surface area contributed by atoms with E-state index < -0.39 is 23.5 Å². The Hall–Kier alpha value is -4.35. The summed E-state index contributed by atoms with van der Waals surface area (Å²) in [5, 5.41) is 13.2. The fourth-order valence-electron chi connectivity index (χ4n) is 6.39. The number of amides is 2. The molecule has 1 saturated carbocycles. The zero-order valence-electron chi connectivity index (χ0n) is 26.4. The number of halogens is 2. The molecule has 244 valence electrons. The van der Waals surface area contributed by atoms with Crippen LogP contribution in [0.4, 0.5) is 16.0 Å². The molecule has 2 amide bonds. The molecule has 4 aromatic rings. The Labute approximate surface area is 277 Å². The lowest BCUT2D eigenvalue weighted by atomic mass is 9.77. The molecule has 7 rings (SSSR count). The molecule has 4 heterocycles. The largest absolute Gasteiger partial charge is 0.380 e. The fraction of sp³-hybridized carbons (Fsp3) is 0.400. The molecule has 1 unspecified atom stereocenters. The number of aryl methyl sites for hydroxylation is 2. The number of aromatic nitrogens is 4. The number of hydrogen-bond acceptors (Lipinski definition) is 7. The Morgan fingerprint density at radius 2 is 1.77 bits per heavy atom. The Morgan fingerprint density at radius 3 is 2.40 bits per heavy atom. The lowest BCUT2D eigenvalue weighted by Gasteiger charge is -2.47. The maximum Gasteiger partial charge on any atom is 0.258 e. The number of piperidine rings is 1. The minimum atomic E-state index is -1.94. The number of nitrogens with zero attached hydrogens (tertiary/aromatic N) is 4. The number of alkyl halides is 1. The van der Waals surface area contributed by atoms with Gasteiger partial charge in [-0.3, -0.25) is 14.7 Å². The summed E-state index contributed by atoms with van der Waals surface area (Å²) in [7, 11) is 0. The van der Waals surface area contributed by atoms with Crippen LogP contribution in [0.15, 0.2) is 54.7 Å². The minimum Gasteiger partial charge on any atom is -0.380 e. The smallest absolute Gasteiger partial charge is 0.258 e. The minimum absolute atomic E-state index is 0.0556. The maximum atomic E-state index is 14.7. The van der Waals surface area contributed by atoms with Crippen molar-refractivity contribution in [2.45, 2.75) is 57.7 Å². The zero-order chi connectivity index (χ0) is 32.8. The third-order valence-corrected chi connectivity index (χ3v) is 9.99. The molecule has 47 heavy (non-hydrogen) atoms. The second-order valence-electron chi connectivity index (χ2n) is 13.1.